The van der Waals surface area contributed by atoms with Crippen LogP contribution in [0.3, 0.4) is 0 Å². The van der Waals surface area contributed by atoms with Crippen LogP contribution in [-0.4, -0.2) is 20.7 Å². The van der Waals surface area contributed by atoms with Crippen molar-refractivity contribution in [3.05, 3.63) is 71.4 Å². The van der Waals surface area contributed by atoms with Crippen molar-refractivity contribution in [2.45, 2.75) is 19.3 Å². The Morgan fingerprint density at radius 3 is 2.69 bits per heavy atom. The van der Waals surface area contributed by atoms with Crippen molar-refractivity contribution in [1.82, 2.24) is 14.8 Å². The molecule has 5 rings (SSSR count). The number of anilines is 1. The average Bonchev–Trinajstić information content (AvgIpc) is 3.37. The standard InChI is InChI=1S/C20H16N4OS/c25-19(13-7-2-1-3-8-13)22-18-14-9-6-11-15(14)23-24(18)20-21-16-10-4-5-12-17(16)26-20/h1-5,7-8,10,12H,6,9,11H2,(H,22,25). The third-order valence-electron chi connectivity index (χ3n) is 4.64. The number of amides is 1. The van der Waals surface area contributed by atoms with Crippen molar-refractivity contribution in [2.75, 3.05) is 5.32 Å². The Bertz CT molecular complexity index is 1080. The molecule has 2 aromatic carbocycles. The van der Waals surface area contributed by atoms with E-state index in [1.54, 1.807) is 16.0 Å². The molecule has 0 saturated carbocycles. The van der Waals surface area contributed by atoms with Crippen LogP contribution in [0, 0.1) is 0 Å². The van der Waals surface area contributed by atoms with E-state index in [0.717, 1.165) is 51.7 Å². The maximum atomic E-state index is 12.7. The maximum absolute atomic E-state index is 12.7. The summed E-state index contributed by atoms with van der Waals surface area (Å²) < 4.78 is 2.91. The zero-order valence-electron chi connectivity index (χ0n) is 14.0. The molecule has 0 saturated heterocycles. The summed E-state index contributed by atoms with van der Waals surface area (Å²) in [5.41, 5.74) is 3.78. The molecule has 0 aliphatic heterocycles. The van der Waals surface area contributed by atoms with E-state index in [2.05, 4.69) is 11.4 Å². The molecule has 0 spiro atoms. The summed E-state index contributed by atoms with van der Waals surface area (Å²) in [6.45, 7) is 0. The predicted molar refractivity (Wildman–Crippen MR) is 103 cm³/mol. The number of nitrogens with zero attached hydrogens (tertiary/aromatic N) is 3. The van der Waals surface area contributed by atoms with E-state index in [0.29, 0.717) is 5.56 Å². The molecule has 4 aromatic rings. The summed E-state index contributed by atoms with van der Waals surface area (Å²) in [5.74, 6) is 0.632. The molecule has 2 heterocycles. The first-order chi connectivity index (χ1) is 12.8. The summed E-state index contributed by atoms with van der Waals surface area (Å²) >= 11 is 1.58. The Morgan fingerprint density at radius 2 is 1.85 bits per heavy atom. The van der Waals surface area contributed by atoms with E-state index in [1.807, 2.05) is 48.5 Å². The van der Waals surface area contributed by atoms with Gasteiger partial charge in [0.15, 0.2) is 0 Å². The topological polar surface area (TPSA) is 59.8 Å². The van der Waals surface area contributed by atoms with Crippen LogP contribution in [-0.2, 0) is 12.8 Å². The van der Waals surface area contributed by atoms with Gasteiger partial charge in [-0.25, -0.2) is 4.98 Å². The van der Waals surface area contributed by atoms with Crippen LogP contribution in [0.4, 0.5) is 5.82 Å². The quantitative estimate of drug-likeness (QED) is 0.595. The van der Waals surface area contributed by atoms with Crippen molar-refractivity contribution in [1.29, 1.82) is 0 Å². The highest BCUT2D eigenvalue weighted by Crippen LogP contribution is 2.33. The van der Waals surface area contributed by atoms with Crippen LogP contribution in [0.25, 0.3) is 15.3 Å². The SMILES string of the molecule is O=C(Nc1c2c(nn1-c1nc3ccccc3s1)CCC2)c1ccccc1. The molecule has 6 heteroatoms. The molecule has 1 amide bonds. The van der Waals surface area contributed by atoms with Crippen molar-refractivity contribution in [3.8, 4) is 5.13 Å². The molecule has 0 unspecified atom stereocenters. The molecule has 1 aliphatic carbocycles. The smallest absolute Gasteiger partial charge is 0.256 e. The summed E-state index contributed by atoms with van der Waals surface area (Å²) in [6.07, 6.45) is 2.96. The van der Waals surface area contributed by atoms with Gasteiger partial charge in [0.1, 0.15) is 5.82 Å². The van der Waals surface area contributed by atoms with Gasteiger partial charge in [-0.1, -0.05) is 41.7 Å². The number of thiazole rings is 1. The molecule has 2 aromatic heterocycles. The van der Waals surface area contributed by atoms with Gasteiger partial charge in [-0.15, -0.1) is 0 Å². The molecule has 26 heavy (non-hydrogen) atoms. The molecule has 0 fully saturated rings. The number of para-hydroxylation sites is 1. The molecule has 128 valence electrons. The second kappa shape index (κ2) is 6.07. The number of aryl methyl sites for hydroxylation is 1. The first-order valence-corrected chi connectivity index (χ1v) is 9.44. The third-order valence-corrected chi connectivity index (χ3v) is 5.65. The average molecular weight is 360 g/mol. The number of nitrogens with one attached hydrogen (secondary N) is 1. The van der Waals surface area contributed by atoms with Crippen molar-refractivity contribution in [3.63, 3.8) is 0 Å². The van der Waals surface area contributed by atoms with Crippen LogP contribution < -0.4 is 5.32 Å². The number of benzene rings is 2. The first kappa shape index (κ1) is 15.3. The van der Waals surface area contributed by atoms with Gasteiger partial charge in [-0.3, -0.25) is 4.79 Å². The minimum absolute atomic E-state index is 0.123. The van der Waals surface area contributed by atoms with Gasteiger partial charge in [0.2, 0.25) is 5.13 Å². The third kappa shape index (κ3) is 2.50. The van der Waals surface area contributed by atoms with Crippen LogP contribution >= 0.6 is 11.3 Å². The molecule has 5 nitrogen and oxygen atoms in total. The number of hydrogen-bond acceptors (Lipinski definition) is 4. The fraction of sp³-hybridized carbons (Fsp3) is 0.150. The first-order valence-electron chi connectivity index (χ1n) is 8.63. The highest BCUT2D eigenvalue weighted by Gasteiger charge is 2.25. The largest absolute Gasteiger partial charge is 0.306 e. The summed E-state index contributed by atoms with van der Waals surface area (Å²) in [6, 6.07) is 17.3. The van der Waals surface area contributed by atoms with E-state index in [1.165, 1.54) is 0 Å². The zero-order chi connectivity index (χ0) is 17.5. The molecule has 1 aliphatic rings. The van der Waals surface area contributed by atoms with E-state index in [4.69, 9.17) is 10.1 Å². The molecular formula is C20H16N4OS. The number of carbonyl (C=O) groups is 1. The second-order valence-corrected chi connectivity index (χ2v) is 7.33. The number of aromatic nitrogens is 3. The lowest BCUT2D eigenvalue weighted by molar-refractivity contribution is 0.102. The normalized spacial score (nSPS) is 13.1. The van der Waals surface area contributed by atoms with Gasteiger partial charge >= 0.3 is 0 Å². The predicted octanol–water partition coefficient (Wildman–Crippen LogP) is 4.22. The number of fused-ring (bicyclic) bond motifs is 2. The van der Waals surface area contributed by atoms with Gasteiger partial charge in [-0.2, -0.15) is 9.78 Å². The van der Waals surface area contributed by atoms with Crippen LogP contribution in [0.2, 0.25) is 0 Å². The van der Waals surface area contributed by atoms with E-state index < -0.39 is 0 Å². The maximum Gasteiger partial charge on any atom is 0.256 e. The Morgan fingerprint density at radius 1 is 1.04 bits per heavy atom. The van der Waals surface area contributed by atoms with Crippen molar-refractivity contribution < 1.29 is 4.79 Å². The Balaban J connectivity index is 1.59. The highest BCUT2D eigenvalue weighted by molar-refractivity contribution is 7.20. The zero-order valence-corrected chi connectivity index (χ0v) is 14.8. The Labute approximate surface area is 154 Å². The fourth-order valence-electron chi connectivity index (χ4n) is 3.38. The summed E-state index contributed by atoms with van der Waals surface area (Å²) in [5, 5.41) is 8.61. The molecule has 0 atom stereocenters. The number of carbonyl (C=O) groups excluding carboxylic acids is 1. The summed E-state index contributed by atoms with van der Waals surface area (Å²) in [7, 11) is 0. The van der Waals surface area contributed by atoms with Crippen molar-refractivity contribution >= 4 is 33.3 Å². The second-order valence-electron chi connectivity index (χ2n) is 6.32. The lowest BCUT2D eigenvalue weighted by atomic mass is 10.2. The highest BCUT2D eigenvalue weighted by atomic mass is 32.1. The minimum atomic E-state index is -0.123. The van der Waals surface area contributed by atoms with Gasteiger partial charge in [0.05, 0.1) is 15.9 Å². The van der Waals surface area contributed by atoms with Gasteiger partial charge in [0, 0.05) is 11.1 Å². The van der Waals surface area contributed by atoms with Crippen LogP contribution in [0.5, 0.6) is 0 Å². The minimum Gasteiger partial charge on any atom is -0.306 e. The van der Waals surface area contributed by atoms with Crippen molar-refractivity contribution in [2.24, 2.45) is 0 Å². The lowest BCUT2D eigenvalue weighted by Crippen LogP contribution is -2.16. The fourth-order valence-corrected chi connectivity index (χ4v) is 4.30. The van der Waals surface area contributed by atoms with Gasteiger partial charge < -0.3 is 5.32 Å². The Hall–Kier alpha value is -2.99. The monoisotopic (exact) mass is 360 g/mol. The van der Waals surface area contributed by atoms with E-state index in [9.17, 15) is 4.79 Å². The Kier molecular flexibility index (Phi) is 3.57. The number of rotatable bonds is 3. The van der Waals surface area contributed by atoms with E-state index in [-0.39, 0.29) is 5.91 Å². The van der Waals surface area contributed by atoms with Gasteiger partial charge in [-0.05, 0) is 43.5 Å². The lowest BCUT2D eigenvalue weighted by Gasteiger charge is -2.09. The molecular weight excluding hydrogens is 344 g/mol. The van der Waals surface area contributed by atoms with Crippen LogP contribution in [0.1, 0.15) is 28.0 Å². The van der Waals surface area contributed by atoms with E-state index >= 15 is 0 Å². The summed E-state index contributed by atoms with van der Waals surface area (Å²) in [4.78, 5) is 17.4. The number of hydrogen-bond donors (Lipinski definition) is 1. The van der Waals surface area contributed by atoms with Crippen LogP contribution in [0.15, 0.2) is 54.6 Å². The van der Waals surface area contributed by atoms with Gasteiger partial charge in [0.25, 0.3) is 5.91 Å². The molecule has 0 bridgehead atoms. The molecule has 1 N–H and O–H groups in total. The molecule has 0 radical (unpaired) electrons.